The van der Waals surface area contributed by atoms with Crippen LogP contribution in [0.2, 0.25) is 0 Å². The number of esters is 3. The first-order chi connectivity index (χ1) is 16.7. The molecule has 3 aromatic rings. The van der Waals surface area contributed by atoms with Crippen LogP contribution in [0.4, 0.5) is 0 Å². The first-order valence-corrected chi connectivity index (χ1v) is 10.5. The Balaban J connectivity index is 1.89. The first kappa shape index (κ1) is 25.1. The van der Waals surface area contributed by atoms with Gasteiger partial charge in [-0.05, 0) is 50.2 Å². The number of carbonyl (C=O) groups is 5. The highest BCUT2D eigenvalue weighted by Gasteiger charge is 2.21. The largest absolute Gasteiger partial charge is 0.465 e. The van der Waals surface area contributed by atoms with E-state index in [2.05, 4.69) is 0 Å². The van der Waals surface area contributed by atoms with Gasteiger partial charge in [-0.15, -0.1) is 0 Å². The lowest BCUT2D eigenvalue weighted by Crippen LogP contribution is -2.15. The Morgan fingerprint density at radius 3 is 1.89 bits per heavy atom. The van der Waals surface area contributed by atoms with E-state index in [1.165, 1.54) is 56.7 Å². The van der Waals surface area contributed by atoms with Gasteiger partial charge in [0.25, 0.3) is 0 Å². The number of aldehydes is 1. The average Bonchev–Trinajstić information content (AvgIpc) is 3.19. The van der Waals surface area contributed by atoms with E-state index >= 15 is 0 Å². The minimum atomic E-state index is -0.696. The van der Waals surface area contributed by atoms with Gasteiger partial charge in [0, 0.05) is 28.2 Å². The van der Waals surface area contributed by atoms with E-state index in [1.54, 1.807) is 24.5 Å². The Morgan fingerprint density at radius 2 is 1.37 bits per heavy atom. The van der Waals surface area contributed by atoms with Crippen molar-refractivity contribution >= 4 is 30.0 Å². The monoisotopic (exact) mass is 477 g/mol. The molecule has 35 heavy (non-hydrogen) atoms. The van der Waals surface area contributed by atoms with Gasteiger partial charge in [-0.1, -0.05) is 12.1 Å². The molecule has 0 saturated heterocycles. The zero-order valence-corrected chi connectivity index (χ0v) is 19.6. The van der Waals surface area contributed by atoms with Crippen LogP contribution < -0.4 is 0 Å². The summed E-state index contributed by atoms with van der Waals surface area (Å²) in [5, 5.41) is 0. The van der Waals surface area contributed by atoms with Crippen LogP contribution >= 0.6 is 0 Å². The Bertz CT molecular complexity index is 1280. The summed E-state index contributed by atoms with van der Waals surface area (Å²) in [4.78, 5) is 60.2. The summed E-state index contributed by atoms with van der Waals surface area (Å²) in [5.41, 5.74) is 2.85. The molecule has 0 saturated carbocycles. The molecule has 2 aromatic carbocycles. The van der Waals surface area contributed by atoms with Gasteiger partial charge >= 0.3 is 17.9 Å². The Labute approximate surface area is 201 Å². The molecule has 0 amide bonds. The van der Waals surface area contributed by atoms with Crippen molar-refractivity contribution in [2.75, 3.05) is 20.8 Å². The molecular weight excluding hydrogens is 454 g/mol. The van der Waals surface area contributed by atoms with Crippen molar-refractivity contribution in [3.8, 4) is 5.69 Å². The number of benzene rings is 2. The van der Waals surface area contributed by atoms with Crippen LogP contribution in [0.1, 0.15) is 63.2 Å². The SMILES string of the molecule is COC(=O)c1cc(C(=O)OC)cc(-n2c(C)cc(C(=O)COC(=O)c3ccc(C=O)cc3)c2C)c1. The lowest BCUT2D eigenvalue weighted by Gasteiger charge is -2.13. The van der Waals surface area contributed by atoms with Crippen molar-refractivity contribution in [1.29, 1.82) is 0 Å². The number of aromatic nitrogens is 1. The van der Waals surface area contributed by atoms with Gasteiger partial charge in [-0.3, -0.25) is 9.59 Å². The number of Topliss-reactive ketones (excluding diaryl/α,β-unsaturated/α-hetero) is 1. The highest BCUT2D eigenvalue weighted by molar-refractivity contribution is 6.01. The molecule has 9 nitrogen and oxygen atoms in total. The fraction of sp³-hybridized carbons (Fsp3) is 0.192. The molecule has 0 unspecified atom stereocenters. The molecule has 0 aliphatic carbocycles. The number of hydrogen-bond donors (Lipinski definition) is 0. The zero-order chi connectivity index (χ0) is 25.7. The first-order valence-electron chi connectivity index (χ1n) is 10.5. The molecule has 9 heteroatoms. The molecule has 0 aliphatic heterocycles. The van der Waals surface area contributed by atoms with Crippen LogP contribution in [0, 0.1) is 13.8 Å². The van der Waals surface area contributed by atoms with Gasteiger partial charge < -0.3 is 18.8 Å². The molecule has 180 valence electrons. The molecule has 0 fully saturated rings. The summed E-state index contributed by atoms with van der Waals surface area (Å²) in [7, 11) is 2.46. The van der Waals surface area contributed by atoms with Gasteiger partial charge in [0.1, 0.15) is 6.29 Å². The van der Waals surface area contributed by atoms with E-state index in [1.807, 2.05) is 0 Å². The summed E-state index contributed by atoms with van der Waals surface area (Å²) < 4.78 is 16.4. The van der Waals surface area contributed by atoms with E-state index in [-0.39, 0.29) is 16.7 Å². The number of ether oxygens (including phenoxy) is 3. The smallest absolute Gasteiger partial charge is 0.338 e. The third-order valence-corrected chi connectivity index (χ3v) is 5.37. The van der Waals surface area contributed by atoms with Crippen LogP contribution in [0.3, 0.4) is 0 Å². The standard InChI is InChI=1S/C26H23NO8/c1-15-9-22(23(29)14-35-26(32)18-7-5-17(13-28)6-8-18)16(2)27(15)21-11-19(24(30)33-3)10-20(12-21)25(31)34-4/h5-13H,14H2,1-4H3. The van der Waals surface area contributed by atoms with Crippen molar-refractivity contribution in [3.63, 3.8) is 0 Å². The number of nitrogens with zero attached hydrogens (tertiary/aromatic N) is 1. The van der Waals surface area contributed by atoms with E-state index in [9.17, 15) is 24.0 Å². The van der Waals surface area contributed by atoms with Gasteiger partial charge in [-0.25, -0.2) is 14.4 Å². The molecule has 0 atom stereocenters. The topological polar surface area (TPSA) is 118 Å². The Morgan fingerprint density at radius 1 is 0.800 bits per heavy atom. The molecule has 1 heterocycles. The quantitative estimate of drug-likeness (QED) is 0.209. The van der Waals surface area contributed by atoms with Crippen molar-refractivity contribution in [1.82, 2.24) is 4.57 Å². The molecule has 0 spiro atoms. The van der Waals surface area contributed by atoms with Crippen molar-refractivity contribution < 1.29 is 38.2 Å². The fourth-order valence-corrected chi connectivity index (χ4v) is 3.64. The van der Waals surface area contributed by atoms with Gasteiger partial charge in [-0.2, -0.15) is 0 Å². The van der Waals surface area contributed by atoms with Crippen LogP contribution in [0.25, 0.3) is 5.69 Å². The van der Waals surface area contributed by atoms with Crippen LogP contribution in [0.5, 0.6) is 0 Å². The van der Waals surface area contributed by atoms with Crippen LogP contribution in [0.15, 0.2) is 48.5 Å². The lowest BCUT2D eigenvalue weighted by molar-refractivity contribution is 0.0474. The van der Waals surface area contributed by atoms with Crippen molar-refractivity contribution in [2.24, 2.45) is 0 Å². The normalized spacial score (nSPS) is 10.4. The molecular formula is C26H23NO8. The third-order valence-electron chi connectivity index (χ3n) is 5.37. The summed E-state index contributed by atoms with van der Waals surface area (Å²) in [6.45, 7) is 2.96. The second-order valence-corrected chi connectivity index (χ2v) is 7.61. The summed E-state index contributed by atoms with van der Waals surface area (Å²) in [5.74, 6) is -2.40. The minimum Gasteiger partial charge on any atom is -0.465 e. The summed E-state index contributed by atoms with van der Waals surface area (Å²) in [6, 6.07) is 11.9. The predicted molar refractivity (Wildman–Crippen MR) is 124 cm³/mol. The maximum absolute atomic E-state index is 12.9. The maximum atomic E-state index is 12.9. The lowest BCUT2D eigenvalue weighted by atomic mass is 10.1. The molecule has 0 N–H and O–H groups in total. The van der Waals surface area contributed by atoms with Gasteiger partial charge in [0.2, 0.25) is 5.78 Å². The zero-order valence-electron chi connectivity index (χ0n) is 19.6. The molecule has 1 aromatic heterocycles. The second kappa shape index (κ2) is 10.6. The highest BCUT2D eigenvalue weighted by Crippen LogP contribution is 2.24. The number of methoxy groups -OCH3 is 2. The number of aryl methyl sites for hydroxylation is 1. The average molecular weight is 477 g/mol. The van der Waals surface area contributed by atoms with Crippen LogP contribution in [-0.4, -0.2) is 55.4 Å². The molecule has 3 rings (SSSR count). The van der Waals surface area contributed by atoms with Gasteiger partial charge in [0.05, 0.1) is 30.9 Å². The van der Waals surface area contributed by atoms with Crippen molar-refractivity contribution in [2.45, 2.75) is 13.8 Å². The molecule has 0 aliphatic rings. The fourth-order valence-electron chi connectivity index (χ4n) is 3.64. The van der Waals surface area contributed by atoms with E-state index in [4.69, 9.17) is 14.2 Å². The van der Waals surface area contributed by atoms with Gasteiger partial charge in [0.15, 0.2) is 6.61 Å². The minimum absolute atomic E-state index is 0.139. The summed E-state index contributed by atoms with van der Waals surface area (Å²) >= 11 is 0. The number of carbonyl (C=O) groups excluding carboxylic acids is 5. The van der Waals surface area contributed by atoms with E-state index in [0.29, 0.717) is 34.5 Å². The molecule has 0 radical (unpaired) electrons. The van der Waals surface area contributed by atoms with E-state index < -0.39 is 30.3 Å². The number of ketones is 1. The summed E-state index contributed by atoms with van der Waals surface area (Å²) in [6.07, 6.45) is 0.656. The highest BCUT2D eigenvalue weighted by atomic mass is 16.5. The number of hydrogen-bond acceptors (Lipinski definition) is 8. The number of rotatable bonds is 8. The third kappa shape index (κ3) is 5.35. The second-order valence-electron chi connectivity index (χ2n) is 7.61. The molecule has 0 bridgehead atoms. The maximum Gasteiger partial charge on any atom is 0.338 e. The Hall–Kier alpha value is -4.53. The predicted octanol–water partition coefficient (Wildman–Crippen LogP) is 3.52. The Kier molecular flexibility index (Phi) is 7.60. The van der Waals surface area contributed by atoms with E-state index in [0.717, 1.165) is 0 Å². The van der Waals surface area contributed by atoms with Crippen molar-refractivity contribution in [3.05, 3.63) is 87.7 Å². The van der Waals surface area contributed by atoms with Crippen LogP contribution in [-0.2, 0) is 14.2 Å².